The monoisotopic (exact) mass is 173 g/mol. The molecule has 0 aromatic carbocycles. The molecule has 68 valence electrons. The number of pyridine rings is 1. The number of hydrogen-bond donors (Lipinski definition) is 0. The highest BCUT2D eigenvalue weighted by molar-refractivity contribution is 5.54. The van der Waals surface area contributed by atoms with Crippen molar-refractivity contribution in [3.63, 3.8) is 0 Å². The van der Waals surface area contributed by atoms with Gasteiger partial charge in [0.2, 0.25) is 0 Å². The van der Waals surface area contributed by atoms with Crippen LogP contribution in [0.4, 0.5) is 0 Å². The van der Waals surface area contributed by atoms with Gasteiger partial charge in [0.15, 0.2) is 0 Å². The van der Waals surface area contributed by atoms with Crippen LogP contribution in [0.5, 0.6) is 0 Å². The van der Waals surface area contributed by atoms with Crippen molar-refractivity contribution in [3.8, 4) is 0 Å². The van der Waals surface area contributed by atoms with Crippen molar-refractivity contribution in [1.82, 2.24) is 4.98 Å². The van der Waals surface area contributed by atoms with Gasteiger partial charge in [-0.05, 0) is 30.4 Å². The smallest absolute Gasteiger partial charge is 0.0482 e. The fourth-order valence-corrected chi connectivity index (χ4v) is 1.63. The number of hydrogen-bond acceptors (Lipinski definition) is 1. The summed E-state index contributed by atoms with van der Waals surface area (Å²) in [6, 6.07) is 4.33. The molecule has 13 heavy (non-hydrogen) atoms. The van der Waals surface area contributed by atoms with Gasteiger partial charge in [-0.25, -0.2) is 0 Å². The Balaban J connectivity index is 2.42. The second kappa shape index (κ2) is 3.33. The molecule has 1 aliphatic rings. The third kappa shape index (κ3) is 1.64. The number of allylic oxidation sites excluding steroid dienone is 1. The lowest BCUT2D eigenvalue weighted by Gasteiger charge is -2.12. The third-order valence-electron chi connectivity index (χ3n) is 2.47. The van der Waals surface area contributed by atoms with Crippen LogP contribution in [0, 0.1) is 0 Å². The standard InChI is InChI=1S/C12H15N/c1-9(2)11-8-7-10-5-3-4-6-12(10)13-11/h3,5,7-9H,4,6H2,1-2H3. The minimum absolute atomic E-state index is 0.538. The minimum Gasteiger partial charge on any atom is -0.257 e. The molecule has 0 unspecified atom stereocenters. The summed E-state index contributed by atoms with van der Waals surface area (Å²) in [6.07, 6.45) is 6.64. The summed E-state index contributed by atoms with van der Waals surface area (Å²) in [5.74, 6) is 0.538. The van der Waals surface area contributed by atoms with Crippen LogP contribution in [0.3, 0.4) is 0 Å². The zero-order valence-corrected chi connectivity index (χ0v) is 8.25. The van der Waals surface area contributed by atoms with E-state index in [1.54, 1.807) is 0 Å². The summed E-state index contributed by atoms with van der Waals surface area (Å²) in [5, 5.41) is 0. The lowest BCUT2D eigenvalue weighted by atomic mass is 10.0. The highest BCUT2D eigenvalue weighted by Gasteiger charge is 2.08. The molecule has 0 spiro atoms. The zero-order valence-electron chi connectivity index (χ0n) is 8.25. The molecule has 0 N–H and O–H groups in total. The molecule has 0 amide bonds. The average Bonchev–Trinajstić information content (AvgIpc) is 2.17. The Hall–Kier alpha value is -1.11. The van der Waals surface area contributed by atoms with Crippen molar-refractivity contribution in [2.75, 3.05) is 0 Å². The van der Waals surface area contributed by atoms with Gasteiger partial charge >= 0.3 is 0 Å². The Morgan fingerprint density at radius 3 is 2.92 bits per heavy atom. The van der Waals surface area contributed by atoms with Crippen molar-refractivity contribution < 1.29 is 0 Å². The first kappa shape index (κ1) is 8.49. The fourth-order valence-electron chi connectivity index (χ4n) is 1.63. The molecule has 1 aromatic heterocycles. The average molecular weight is 173 g/mol. The molecule has 0 saturated carbocycles. The number of aromatic nitrogens is 1. The Bertz CT molecular complexity index is 337. The zero-order chi connectivity index (χ0) is 9.26. The molecule has 1 heteroatoms. The SMILES string of the molecule is CC(C)c1ccc2c(n1)CCC=C2. The maximum Gasteiger partial charge on any atom is 0.0482 e. The van der Waals surface area contributed by atoms with E-state index >= 15 is 0 Å². The van der Waals surface area contributed by atoms with E-state index in [1.807, 2.05) is 0 Å². The topological polar surface area (TPSA) is 12.9 Å². The molecule has 1 heterocycles. The van der Waals surface area contributed by atoms with E-state index in [0.29, 0.717) is 5.92 Å². The number of aryl methyl sites for hydroxylation is 1. The first-order chi connectivity index (χ1) is 6.27. The van der Waals surface area contributed by atoms with Crippen molar-refractivity contribution in [2.45, 2.75) is 32.6 Å². The number of rotatable bonds is 1. The third-order valence-corrected chi connectivity index (χ3v) is 2.47. The van der Waals surface area contributed by atoms with Crippen molar-refractivity contribution >= 4 is 6.08 Å². The fraction of sp³-hybridized carbons (Fsp3) is 0.417. The van der Waals surface area contributed by atoms with Gasteiger partial charge in [0.25, 0.3) is 0 Å². The summed E-state index contributed by atoms with van der Waals surface area (Å²) in [6.45, 7) is 4.38. The molecule has 0 fully saturated rings. The van der Waals surface area contributed by atoms with Crippen LogP contribution in [0.1, 0.15) is 43.1 Å². The molecule has 0 radical (unpaired) electrons. The predicted octanol–water partition coefficient (Wildman–Crippen LogP) is 3.16. The largest absolute Gasteiger partial charge is 0.257 e. The quantitative estimate of drug-likeness (QED) is 0.635. The van der Waals surface area contributed by atoms with E-state index in [9.17, 15) is 0 Å². The second-order valence-electron chi connectivity index (χ2n) is 3.87. The Morgan fingerprint density at radius 1 is 1.31 bits per heavy atom. The van der Waals surface area contributed by atoms with Crippen molar-refractivity contribution in [2.24, 2.45) is 0 Å². The minimum atomic E-state index is 0.538. The molecule has 0 bridgehead atoms. The van der Waals surface area contributed by atoms with E-state index in [0.717, 1.165) is 12.8 Å². The first-order valence-electron chi connectivity index (χ1n) is 4.94. The van der Waals surface area contributed by atoms with Crippen LogP contribution in [0.2, 0.25) is 0 Å². The predicted molar refractivity (Wildman–Crippen MR) is 55.7 cm³/mol. The van der Waals surface area contributed by atoms with Gasteiger partial charge in [0.1, 0.15) is 0 Å². The summed E-state index contributed by atoms with van der Waals surface area (Å²) in [5.41, 5.74) is 3.79. The van der Waals surface area contributed by atoms with E-state index in [-0.39, 0.29) is 0 Å². The van der Waals surface area contributed by atoms with Crippen LogP contribution in [-0.2, 0) is 6.42 Å². The van der Waals surface area contributed by atoms with Crippen LogP contribution >= 0.6 is 0 Å². The Kier molecular flexibility index (Phi) is 2.17. The van der Waals surface area contributed by atoms with Crippen molar-refractivity contribution in [3.05, 3.63) is 35.2 Å². The van der Waals surface area contributed by atoms with Gasteiger partial charge in [-0.15, -0.1) is 0 Å². The summed E-state index contributed by atoms with van der Waals surface area (Å²) >= 11 is 0. The summed E-state index contributed by atoms with van der Waals surface area (Å²) in [7, 11) is 0. The molecule has 2 rings (SSSR count). The molecular weight excluding hydrogens is 158 g/mol. The number of fused-ring (bicyclic) bond motifs is 1. The van der Waals surface area contributed by atoms with Gasteiger partial charge in [0.05, 0.1) is 0 Å². The van der Waals surface area contributed by atoms with Crippen molar-refractivity contribution in [1.29, 1.82) is 0 Å². The lowest BCUT2D eigenvalue weighted by molar-refractivity contribution is 0.796. The van der Waals surface area contributed by atoms with E-state index in [1.165, 1.54) is 17.0 Å². The maximum atomic E-state index is 4.66. The highest BCUT2D eigenvalue weighted by Crippen LogP contribution is 2.20. The first-order valence-corrected chi connectivity index (χ1v) is 4.94. The van der Waals surface area contributed by atoms with Crippen LogP contribution in [0.15, 0.2) is 18.2 Å². The number of nitrogens with zero attached hydrogens (tertiary/aromatic N) is 1. The van der Waals surface area contributed by atoms with E-state index in [2.05, 4.69) is 43.1 Å². The molecular formula is C12H15N. The molecule has 1 aliphatic carbocycles. The van der Waals surface area contributed by atoms with Gasteiger partial charge < -0.3 is 0 Å². The summed E-state index contributed by atoms with van der Waals surface area (Å²) < 4.78 is 0. The second-order valence-corrected chi connectivity index (χ2v) is 3.87. The van der Waals surface area contributed by atoms with Crippen LogP contribution in [0.25, 0.3) is 6.08 Å². The van der Waals surface area contributed by atoms with E-state index in [4.69, 9.17) is 0 Å². The lowest BCUT2D eigenvalue weighted by Crippen LogP contribution is -2.02. The molecule has 0 atom stereocenters. The molecule has 0 saturated heterocycles. The molecule has 0 aliphatic heterocycles. The van der Waals surface area contributed by atoms with Gasteiger partial charge in [-0.1, -0.05) is 32.1 Å². The van der Waals surface area contributed by atoms with Crippen LogP contribution in [-0.4, -0.2) is 4.98 Å². The van der Waals surface area contributed by atoms with Gasteiger partial charge in [0, 0.05) is 11.4 Å². The normalized spacial score (nSPS) is 14.7. The molecule has 1 nitrogen and oxygen atoms in total. The Morgan fingerprint density at radius 2 is 2.15 bits per heavy atom. The highest BCUT2D eigenvalue weighted by atomic mass is 14.7. The van der Waals surface area contributed by atoms with Crippen LogP contribution < -0.4 is 0 Å². The van der Waals surface area contributed by atoms with E-state index < -0.39 is 0 Å². The van der Waals surface area contributed by atoms with Gasteiger partial charge in [-0.2, -0.15) is 0 Å². The Labute approximate surface area is 79.5 Å². The molecule has 1 aromatic rings. The summed E-state index contributed by atoms with van der Waals surface area (Å²) in [4.78, 5) is 4.66. The van der Waals surface area contributed by atoms with Gasteiger partial charge in [-0.3, -0.25) is 4.98 Å². The maximum absolute atomic E-state index is 4.66.